The molecule has 0 aliphatic rings. The first-order valence-electron chi connectivity index (χ1n) is 7.23. The van der Waals surface area contributed by atoms with Gasteiger partial charge in [0.25, 0.3) is 0 Å². The predicted octanol–water partition coefficient (Wildman–Crippen LogP) is 3.58. The van der Waals surface area contributed by atoms with Crippen LogP contribution in [0.15, 0.2) is 30.3 Å². The van der Waals surface area contributed by atoms with E-state index in [0.29, 0.717) is 27.9 Å². The summed E-state index contributed by atoms with van der Waals surface area (Å²) in [6, 6.07) is 9.32. The molecule has 122 valence electrons. The smallest absolute Gasteiger partial charge is 0.153 e. The van der Waals surface area contributed by atoms with Gasteiger partial charge < -0.3 is 14.8 Å². The Morgan fingerprint density at radius 3 is 2.04 bits per heavy atom. The Morgan fingerprint density at radius 2 is 1.61 bits per heavy atom. The van der Waals surface area contributed by atoms with Crippen molar-refractivity contribution in [1.82, 2.24) is 10.2 Å². The third kappa shape index (κ3) is 3.96. The molecule has 23 heavy (non-hydrogen) atoms. The summed E-state index contributed by atoms with van der Waals surface area (Å²) in [6.07, 6.45) is 0. The molecule has 0 amide bonds. The molecule has 0 unspecified atom stereocenters. The Kier molecular flexibility index (Phi) is 5.15. The van der Waals surface area contributed by atoms with E-state index in [-0.39, 0.29) is 5.41 Å². The van der Waals surface area contributed by atoms with Crippen molar-refractivity contribution in [1.29, 1.82) is 0 Å². The molecule has 0 atom stereocenters. The van der Waals surface area contributed by atoms with Crippen molar-refractivity contribution in [2.24, 2.45) is 0 Å². The number of methoxy groups -OCH3 is 2. The number of aromatic nitrogens is 2. The van der Waals surface area contributed by atoms with E-state index in [1.165, 1.54) is 0 Å². The minimum absolute atomic E-state index is 0.0437. The molecule has 0 spiro atoms. The van der Waals surface area contributed by atoms with Gasteiger partial charge >= 0.3 is 0 Å². The molecule has 0 radical (unpaired) electrons. The van der Waals surface area contributed by atoms with Crippen LogP contribution in [0.25, 0.3) is 0 Å². The molecule has 5 nitrogen and oxygen atoms in total. The average Bonchev–Trinajstić information content (AvgIpc) is 2.53. The van der Waals surface area contributed by atoms with Crippen LogP contribution in [0, 0.1) is 0 Å². The van der Waals surface area contributed by atoms with Gasteiger partial charge in [-0.15, -0.1) is 5.10 Å². The van der Waals surface area contributed by atoms with Crippen LogP contribution in [0.1, 0.15) is 32.0 Å². The zero-order valence-corrected chi connectivity index (χ0v) is 14.8. The van der Waals surface area contributed by atoms with Gasteiger partial charge in [0.15, 0.2) is 5.82 Å². The van der Waals surface area contributed by atoms with Crippen molar-refractivity contribution in [3.8, 4) is 11.5 Å². The predicted molar refractivity (Wildman–Crippen MR) is 95.6 cm³/mol. The largest absolute Gasteiger partial charge is 0.496 e. The van der Waals surface area contributed by atoms with Crippen molar-refractivity contribution < 1.29 is 9.47 Å². The highest BCUT2D eigenvalue weighted by molar-refractivity contribution is 7.81. The van der Waals surface area contributed by atoms with Crippen LogP contribution in [-0.2, 0) is 5.41 Å². The fraction of sp³-hybridized carbons (Fsp3) is 0.353. The molecule has 1 heterocycles. The molecule has 0 saturated heterocycles. The second-order valence-corrected chi connectivity index (χ2v) is 6.45. The Hall–Kier alpha value is -2.21. The summed E-state index contributed by atoms with van der Waals surface area (Å²) in [4.78, 5) is 0.470. The lowest BCUT2D eigenvalue weighted by Gasteiger charge is -2.17. The number of nitrogens with zero attached hydrogens (tertiary/aromatic N) is 2. The summed E-state index contributed by atoms with van der Waals surface area (Å²) in [5.74, 6) is 1.86. The lowest BCUT2D eigenvalue weighted by atomic mass is 9.92. The van der Waals surface area contributed by atoms with Gasteiger partial charge in [0.1, 0.15) is 16.5 Å². The normalized spacial score (nSPS) is 11.0. The van der Waals surface area contributed by atoms with Crippen LogP contribution in [-0.4, -0.2) is 29.4 Å². The summed E-state index contributed by atoms with van der Waals surface area (Å²) >= 11 is 5.48. The van der Waals surface area contributed by atoms with E-state index >= 15 is 0 Å². The number of thiocarbonyl (C=S) groups is 1. The van der Waals surface area contributed by atoms with Crippen molar-refractivity contribution >= 4 is 23.0 Å². The van der Waals surface area contributed by atoms with Crippen LogP contribution >= 0.6 is 12.2 Å². The maximum atomic E-state index is 5.48. The maximum absolute atomic E-state index is 5.48. The van der Waals surface area contributed by atoms with Crippen LogP contribution < -0.4 is 14.8 Å². The summed E-state index contributed by atoms with van der Waals surface area (Å²) in [6.45, 7) is 6.28. The number of nitrogens with one attached hydrogen (secondary N) is 1. The fourth-order valence-corrected chi connectivity index (χ4v) is 2.36. The van der Waals surface area contributed by atoms with Crippen molar-refractivity contribution in [2.45, 2.75) is 26.2 Å². The summed E-state index contributed by atoms with van der Waals surface area (Å²) in [5, 5.41) is 11.5. The van der Waals surface area contributed by atoms with Gasteiger partial charge in [0.2, 0.25) is 0 Å². The zero-order valence-electron chi connectivity index (χ0n) is 14.0. The van der Waals surface area contributed by atoms with E-state index in [9.17, 15) is 0 Å². The summed E-state index contributed by atoms with van der Waals surface area (Å²) in [5.41, 5.74) is 1.57. The third-order valence-corrected chi connectivity index (χ3v) is 3.64. The molecule has 1 aromatic heterocycles. The molecule has 0 bridgehead atoms. The molecule has 0 fully saturated rings. The van der Waals surface area contributed by atoms with E-state index in [4.69, 9.17) is 21.7 Å². The Bertz CT molecular complexity index is 672. The standard InChI is InChI=1S/C17H21N3O2S/c1-17(2,3)13-9-10-14(20-19-13)18-16(23)15-11(21-4)7-6-8-12(15)22-5/h6-10H,1-5H3,(H,18,20,23). The molecule has 0 saturated carbocycles. The summed E-state index contributed by atoms with van der Waals surface area (Å²) in [7, 11) is 3.19. The molecule has 2 rings (SSSR count). The zero-order chi connectivity index (χ0) is 17.0. The number of hydrogen-bond donors (Lipinski definition) is 1. The quantitative estimate of drug-likeness (QED) is 0.864. The van der Waals surface area contributed by atoms with Crippen LogP contribution in [0.5, 0.6) is 11.5 Å². The Balaban J connectivity index is 2.26. The van der Waals surface area contributed by atoms with Crippen molar-refractivity contribution in [3.05, 3.63) is 41.6 Å². The highest BCUT2D eigenvalue weighted by Gasteiger charge is 2.18. The maximum Gasteiger partial charge on any atom is 0.153 e. The molecular weight excluding hydrogens is 310 g/mol. The first kappa shape index (κ1) is 17.1. The second-order valence-electron chi connectivity index (χ2n) is 6.05. The minimum Gasteiger partial charge on any atom is -0.496 e. The summed E-state index contributed by atoms with van der Waals surface area (Å²) < 4.78 is 10.7. The minimum atomic E-state index is -0.0437. The van der Waals surface area contributed by atoms with Crippen LogP contribution in [0.4, 0.5) is 5.82 Å². The van der Waals surface area contributed by atoms with Gasteiger partial charge in [0, 0.05) is 5.41 Å². The van der Waals surface area contributed by atoms with E-state index in [1.54, 1.807) is 14.2 Å². The Labute approximate surface area is 142 Å². The number of benzene rings is 1. The van der Waals surface area contributed by atoms with Gasteiger partial charge in [-0.3, -0.25) is 0 Å². The monoisotopic (exact) mass is 331 g/mol. The molecule has 0 aliphatic carbocycles. The van der Waals surface area contributed by atoms with Crippen LogP contribution in [0.2, 0.25) is 0 Å². The van der Waals surface area contributed by atoms with Gasteiger partial charge in [-0.05, 0) is 24.3 Å². The van der Waals surface area contributed by atoms with Crippen molar-refractivity contribution in [3.63, 3.8) is 0 Å². The van der Waals surface area contributed by atoms with Crippen molar-refractivity contribution in [2.75, 3.05) is 19.5 Å². The molecule has 1 N–H and O–H groups in total. The molecule has 0 aliphatic heterocycles. The molecule has 6 heteroatoms. The highest BCUT2D eigenvalue weighted by Crippen LogP contribution is 2.29. The van der Waals surface area contributed by atoms with E-state index in [0.717, 1.165) is 5.69 Å². The average molecular weight is 331 g/mol. The second kappa shape index (κ2) is 6.91. The molecular formula is C17H21N3O2S. The Morgan fingerprint density at radius 1 is 1.00 bits per heavy atom. The third-order valence-electron chi connectivity index (χ3n) is 3.33. The molecule has 2 aromatic rings. The fourth-order valence-electron chi connectivity index (χ4n) is 2.05. The first-order chi connectivity index (χ1) is 10.9. The van der Waals surface area contributed by atoms with E-state index < -0.39 is 0 Å². The van der Waals surface area contributed by atoms with E-state index in [1.807, 2.05) is 30.3 Å². The van der Waals surface area contributed by atoms with E-state index in [2.05, 4.69) is 36.3 Å². The lowest BCUT2D eigenvalue weighted by molar-refractivity contribution is 0.393. The lowest BCUT2D eigenvalue weighted by Crippen LogP contribution is -2.17. The van der Waals surface area contributed by atoms with Gasteiger partial charge in [-0.2, -0.15) is 5.10 Å². The molecule has 1 aromatic carbocycles. The van der Waals surface area contributed by atoms with Gasteiger partial charge in [0.05, 0.1) is 25.5 Å². The highest BCUT2D eigenvalue weighted by atomic mass is 32.1. The number of ether oxygens (including phenoxy) is 2. The van der Waals surface area contributed by atoms with Gasteiger partial charge in [-0.1, -0.05) is 39.1 Å². The van der Waals surface area contributed by atoms with Gasteiger partial charge in [-0.25, -0.2) is 0 Å². The number of anilines is 1. The number of hydrogen-bond acceptors (Lipinski definition) is 5. The SMILES string of the molecule is COc1cccc(OC)c1C(=S)Nc1ccc(C(C)(C)C)nn1. The topological polar surface area (TPSA) is 56.3 Å². The number of rotatable bonds is 4. The first-order valence-corrected chi connectivity index (χ1v) is 7.64. The van der Waals surface area contributed by atoms with Crippen LogP contribution in [0.3, 0.4) is 0 Å².